The highest BCUT2D eigenvalue weighted by Gasteiger charge is 2.12. The number of anilines is 1. The molecule has 4 heteroatoms. The van der Waals surface area contributed by atoms with Crippen LogP contribution >= 0.6 is 0 Å². The third kappa shape index (κ3) is 2.57. The summed E-state index contributed by atoms with van der Waals surface area (Å²) in [4.78, 5) is 12.6. The summed E-state index contributed by atoms with van der Waals surface area (Å²) < 4.78 is 13.3. The van der Waals surface area contributed by atoms with E-state index in [-0.39, 0.29) is 5.56 Å². The van der Waals surface area contributed by atoms with Gasteiger partial charge in [-0.05, 0) is 19.1 Å². The first-order valence-electron chi connectivity index (χ1n) is 5.10. The first-order chi connectivity index (χ1) is 7.74. The van der Waals surface area contributed by atoms with Gasteiger partial charge in [0.25, 0.3) is 0 Å². The average Bonchev–Trinajstić information content (AvgIpc) is 2.30. The smallest absolute Gasteiger partial charge is 0.155 e. The molecule has 0 heterocycles. The van der Waals surface area contributed by atoms with Gasteiger partial charge < -0.3 is 4.90 Å². The zero-order chi connectivity index (χ0) is 12.0. The van der Waals surface area contributed by atoms with Gasteiger partial charge in [0.15, 0.2) is 6.29 Å². The van der Waals surface area contributed by atoms with Crippen molar-refractivity contribution in [2.24, 2.45) is 0 Å². The molecule has 0 fully saturated rings. The fourth-order valence-electron chi connectivity index (χ4n) is 1.55. The summed E-state index contributed by atoms with van der Waals surface area (Å²) in [7, 11) is 0. The summed E-state index contributed by atoms with van der Waals surface area (Å²) in [6, 6.07) is 6.54. The quantitative estimate of drug-likeness (QED) is 0.715. The van der Waals surface area contributed by atoms with E-state index in [1.807, 2.05) is 17.9 Å². The maximum Gasteiger partial charge on any atom is 0.155 e. The van der Waals surface area contributed by atoms with Gasteiger partial charge in [-0.3, -0.25) is 4.79 Å². The van der Waals surface area contributed by atoms with Crippen molar-refractivity contribution in [1.82, 2.24) is 0 Å². The summed E-state index contributed by atoms with van der Waals surface area (Å²) in [6.45, 7) is 3.03. The molecule has 0 atom stereocenters. The molecule has 84 valence electrons. The minimum atomic E-state index is -0.525. The van der Waals surface area contributed by atoms with Crippen LogP contribution in [0.4, 0.5) is 10.1 Å². The molecule has 0 bridgehead atoms. The molecule has 0 aliphatic rings. The van der Waals surface area contributed by atoms with Crippen molar-refractivity contribution >= 4 is 12.0 Å². The van der Waals surface area contributed by atoms with Crippen LogP contribution in [0.2, 0.25) is 0 Å². The lowest BCUT2D eigenvalue weighted by atomic mass is 10.1. The van der Waals surface area contributed by atoms with Gasteiger partial charge in [-0.2, -0.15) is 5.26 Å². The van der Waals surface area contributed by atoms with Crippen molar-refractivity contribution in [2.75, 3.05) is 18.0 Å². The zero-order valence-corrected chi connectivity index (χ0v) is 9.11. The van der Waals surface area contributed by atoms with E-state index in [0.29, 0.717) is 31.5 Å². The highest BCUT2D eigenvalue weighted by atomic mass is 19.1. The van der Waals surface area contributed by atoms with Crippen molar-refractivity contribution in [3.63, 3.8) is 0 Å². The van der Waals surface area contributed by atoms with Gasteiger partial charge >= 0.3 is 0 Å². The molecule has 1 rings (SSSR count). The van der Waals surface area contributed by atoms with Gasteiger partial charge in [-0.25, -0.2) is 4.39 Å². The number of halogens is 1. The summed E-state index contributed by atoms with van der Waals surface area (Å²) in [5.74, 6) is -0.525. The maximum atomic E-state index is 13.3. The van der Waals surface area contributed by atoms with E-state index in [1.54, 1.807) is 12.1 Å². The SMILES string of the molecule is CCN(CCC#N)c1cccc(F)c1C=O. The van der Waals surface area contributed by atoms with Crippen molar-refractivity contribution in [3.05, 3.63) is 29.6 Å². The standard InChI is InChI=1S/C12H13FN2O/c1-2-15(8-4-7-14)12-6-3-5-11(13)10(12)9-16/h3,5-6,9H,2,4,8H2,1H3. The van der Waals surface area contributed by atoms with E-state index in [0.717, 1.165) is 0 Å². The lowest BCUT2D eigenvalue weighted by Gasteiger charge is -2.23. The number of hydrogen-bond acceptors (Lipinski definition) is 3. The molecular formula is C12H13FN2O. The Kier molecular flexibility index (Phi) is 4.46. The summed E-state index contributed by atoms with van der Waals surface area (Å²) in [5.41, 5.74) is 0.607. The van der Waals surface area contributed by atoms with Crippen LogP contribution in [0, 0.1) is 17.1 Å². The van der Waals surface area contributed by atoms with Crippen LogP contribution in [0.15, 0.2) is 18.2 Å². The van der Waals surface area contributed by atoms with E-state index < -0.39 is 5.82 Å². The number of benzene rings is 1. The summed E-state index contributed by atoms with van der Waals surface area (Å²) in [6.07, 6.45) is 0.863. The Bertz CT molecular complexity index is 412. The van der Waals surface area contributed by atoms with Crippen LogP contribution in [0.25, 0.3) is 0 Å². The second kappa shape index (κ2) is 5.86. The molecule has 0 saturated heterocycles. The van der Waals surface area contributed by atoms with Crippen molar-refractivity contribution in [2.45, 2.75) is 13.3 Å². The Labute approximate surface area is 94.1 Å². The number of rotatable bonds is 5. The Morgan fingerprint density at radius 3 is 2.88 bits per heavy atom. The normalized spacial score (nSPS) is 9.56. The Morgan fingerprint density at radius 1 is 1.56 bits per heavy atom. The molecule has 0 aromatic heterocycles. The molecule has 3 nitrogen and oxygen atoms in total. The fraction of sp³-hybridized carbons (Fsp3) is 0.333. The molecule has 0 spiro atoms. The molecule has 0 unspecified atom stereocenters. The number of aldehydes is 1. The second-order valence-electron chi connectivity index (χ2n) is 3.28. The molecule has 0 saturated carbocycles. The van der Waals surface area contributed by atoms with E-state index in [2.05, 4.69) is 0 Å². The van der Waals surface area contributed by atoms with Crippen LogP contribution in [0.3, 0.4) is 0 Å². The number of carbonyl (C=O) groups is 1. The van der Waals surface area contributed by atoms with Crippen LogP contribution in [0.1, 0.15) is 23.7 Å². The summed E-state index contributed by atoms with van der Waals surface area (Å²) >= 11 is 0. The number of nitrogens with zero attached hydrogens (tertiary/aromatic N) is 2. The number of nitriles is 1. The average molecular weight is 220 g/mol. The van der Waals surface area contributed by atoms with Crippen LogP contribution < -0.4 is 4.90 Å². The largest absolute Gasteiger partial charge is 0.370 e. The molecule has 16 heavy (non-hydrogen) atoms. The van der Waals surface area contributed by atoms with Crippen LogP contribution in [-0.2, 0) is 0 Å². The number of carbonyl (C=O) groups excluding carboxylic acids is 1. The highest BCUT2D eigenvalue weighted by Crippen LogP contribution is 2.21. The summed E-state index contributed by atoms with van der Waals surface area (Å²) in [5, 5.41) is 8.52. The Balaban J connectivity index is 3.05. The molecule has 0 N–H and O–H groups in total. The van der Waals surface area contributed by atoms with Gasteiger partial charge in [-0.15, -0.1) is 0 Å². The van der Waals surface area contributed by atoms with Gasteiger partial charge in [0, 0.05) is 13.1 Å². The third-order valence-corrected chi connectivity index (χ3v) is 2.36. The maximum absolute atomic E-state index is 13.3. The second-order valence-corrected chi connectivity index (χ2v) is 3.28. The molecule has 0 radical (unpaired) electrons. The van der Waals surface area contributed by atoms with Crippen molar-refractivity contribution in [3.8, 4) is 6.07 Å². The first kappa shape index (κ1) is 12.2. The monoisotopic (exact) mass is 220 g/mol. The van der Waals surface area contributed by atoms with Gasteiger partial charge in [0.1, 0.15) is 5.82 Å². The first-order valence-corrected chi connectivity index (χ1v) is 5.10. The Morgan fingerprint density at radius 2 is 2.31 bits per heavy atom. The molecule has 0 aliphatic carbocycles. The van der Waals surface area contributed by atoms with Crippen molar-refractivity contribution in [1.29, 1.82) is 5.26 Å². The van der Waals surface area contributed by atoms with E-state index >= 15 is 0 Å². The van der Waals surface area contributed by atoms with Crippen LogP contribution in [0.5, 0.6) is 0 Å². The topological polar surface area (TPSA) is 44.1 Å². The van der Waals surface area contributed by atoms with E-state index in [9.17, 15) is 9.18 Å². The molecule has 0 amide bonds. The fourth-order valence-corrected chi connectivity index (χ4v) is 1.55. The van der Waals surface area contributed by atoms with Crippen molar-refractivity contribution < 1.29 is 9.18 Å². The van der Waals surface area contributed by atoms with E-state index in [1.165, 1.54) is 6.07 Å². The third-order valence-electron chi connectivity index (χ3n) is 2.36. The van der Waals surface area contributed by atoms with E-state index in [4.69, 9.17) is 5.26 Å². The predicted octanol–water partition coefficient (Wildman–Crippen LogP) is 2.38. The molecule has 1 aromatic rings. The van der Waals surface area contributed by atoms with Gasteiger partial charge in [0.2, 0.25) is 0 Å². The highest BCUT2D eigenvalue weighted by molar-refractivity contribution is 5.85. The molecule has 0 aliphatic heterocycles. The minimum absolute atomic E-state index is 0.0577. The predicted molar refractivity (Wildman–Crippen MR) is 59.9 cm³/mol. The van der Waals surface area contributed by atoms with Crippen LogP contribution in [-0.4, -0.2) is 19.4 Å². The lowest BCUT2D eigenvalue weighted by molar-refractivity contribution is 0.112. The minimum Gasteiger partial charge on any atom is -0.370 e. The molecule has 1 aromatic carbocycles. The Hall–Kier alpha value is -1.89. The molecular weight excluding hydrogens is 207 g/mol. The van der Waals surface area contributed by atoms with Gasteiger partial charge in [-0.1, -0.05) is 6.07 Å². The lowest BCUT2D eigenvalue weighted by Crippen LogP contribution is -2.25. The number of hydrogen-bond donors (Lipinski definition) is 0. The van der Waals surface area contributed by atoms with Gasteiger partial charge in [0.05, 0.1) is 23.7 Å². The zero-order valence-electron chi connectivity index (χ0n) is 9.11.